The number of aromatic hydroxyl groups is 1. The minimum atomic E-state index is -0.932. The molecule has 26 heavy (non-hydrogen) atoms. The summed E-state index contributed by atoms with van der Waals surface area (Å²) in [6, 6.07) is 2.64. The molecule has 140 valence electrons. The molecular weight excluding hydrogens is 334 g/mol. The van der Waals surface area contributed by atoms with E-state index in [9.17, 15) is 19.8 Å². The van der Waals surface area contributed by atoms with Crippen molar-refractivity contribution in [3.8, 4) is 5.75 Å². The zero-order valence-corrected chi connectivity index (χ0v) is 15.2. The second-order valence-corrected chi connectivity index (χ2v) is 7.08. The molecule has 3 rings (SSSR count). The van der Waals surface area contributed by atoms with Crippen molar-refractivity contribution < 1.29 is 19.4 Å². The first-order valence-electron chi connectivity index (χ1n) is 9.19. The molecular formula is C20H25NO5. The summed E-state index contributed by atoms with van der Waals surface area (Å²) in [5.74, 6) is -1.00. The maximum absolute atomic E-state index is 12.4. The Morgan fingerprint density at radius 3 is 2.62 bits per heavy atom. The lowest BCUT2D eigenvalue weighted by Crippen LogP contribution is -2.41. The smallest absolute Gasteiger partial charge is 0.339 e. The number of nitrogens with one attached hydrogen (secondary N) is 1. The third-order valence-corrected chi connectivity index (χ3v) is 5.45. The molecule has 1 aromatic heterocycles. The van der Waals surface area contributed by atoms with E-state index in [2.05, 4.69) is 5.32 Å². The predicted molar refractivity (Wildman–Crippen MR) is 98.5 cm³/mol. The quantitative estimate of drug-likeness (QED) is 0.686. The predicted octanol–water partition coefficient (Wildman–Crippen LogP) is 2.97. The van der Waals surface area contributed by atoms with Gasteiger partial charge in [0.15, 0.2) is 0 Å². The summed E-state index contributed by atoms with van der Waals surface area (Å²) in [7, 11) is 0. The molecule has 0 spiro atoms. The van der Waals surface area contributed by atoms with Gasteiger partial charge >= 0.3 is 11.6 Å². The first kappa shape index (κ1) is 18.5. The third kappa shape index (κ3) is 3.33. The van der Waals surface area contributed by atoms with E-state index in [4.69, 9.17) is 4.42 Å². The van der Waals surface area contributed by atoms with Crippen LogP contribution in [0.4, 0.5) is 0 Å². The maximum Gasteiger partial charge on any atom is 0.339 e. The fraction of sp³-hybridized carbons (Fsp3) is 0.500. The summed E-state index contributed by atoms with van der Waals surface area (Å²) in [4.78, 5) is 23.9. The molecule has 1 heterocycles. The van der Waals surface area contributed by atoms with Gasteiger partial charge in [-0.15, -0.1) is 0 Å². The molecule has 0 radical (unpaired) electrons. The Labute approximate surface area is 151 Å². The number of carbonyl (C=O) groups is 1. The molecule has 2 unspecified atom stereocenters. The van der Waals surface area contributed by atoms with E-state index >= 15 is 0 Å². The molecule has 2 aromatic rings. The van der Waals surface area contributed by atoms with Gasteiger partial charge in [-0.05, 0) is 49.3 Å². The zero-order chi connectivity index (χ0) is 18.8. The van der Waals surface area contributed by atoms with Gasteiger partial charge in [0.2, 0.25) is 0 Å². The highest BCUT2D eigenvalue weighted by Crippen LogP contribution is 2.32. The Kier molecular flexibility index (Phi) is 5.32. The number of aliphatic carboxylic acids is 1. The van der Waals surface area contributed by atoms with Gasteiger partial charge in [-0.1, -0.05) is 20.3 Å². The Balaban J connectivity index is 2.03. The second-order valence-electron chi connectivity index (χ2n) is 7.08. The van der Waals surface area contributed by atoms with E-state index in [1.54, 1.807) is 12.1 Å². The van der Waals surface area contributed by atoms with Crippen LogP contribution in [0.1, 0.15) is 49.8 Å². The zero-order valence-electron chi connectivity index (χ0n) is 15.2. The molecule has 0 fully saturated rings. The van der Waals surface area contributed by atoms with Gasteiger partial charge in [0.25, 0.3) is 0 Å². The molecule has 1 aromatic carbocycles. The van der Waals surface area contributed by atoms with E-state index in [-0.39, 0.29) is 23.8 Å². The van der Waals surface area contributed by atoms with Gasteiger partial charge in [0, 0.05) is 17.5 Å². The number of fused-ring (bicyclic) bond motifs is 3. The first-order valence-corrected chi connectivity index (χ1v) is 9.19. The van der Waals surface area contributed by atoms with Crippen LogP contribution in [-0.2, 0) is 24.2 Å². The SMILES string of the molecule is CCC(C)C(NCc1c(O)ccc2c3c(c(=O)oc12)CCCC3)C(=O)O. The molecule has 2 atom stereocenters. The second kappa shape index (κ2) is 7.50. The highest BCUT2D eigenvalue weighted by Gasteiger charge is 2.25. The Morgan fingerprint density at radius 2 is 1.96 bits per heavy atom. The van der Waals surface area contributed by atoms with Crippen molar-refractivity contribution in [1.29, 1.82) is 0 Å². The normalized spacial score (nSPS) is 16.2. The standard InChI is InChI=1S/C20H25NO5/c1-3-11(2)17(19(23)24)21-10-15-16(22)9-8-13-12-6-4-5-7-14(12)20(25)26-18(13)15/h8-9,11,17,21-22H,3-7,10H2,1-2H3,(H,23,24). The van der Waals surface area contributed by atoms with Crippen LogP contribution < -0.4 is 10.9 Å². The van der Waals surface area contributed by atoms with Crippen molar-refractivity contribution in [3.63, 3.8) is 0 Å². The number of rotatable bonds is 6. The minimum Gasteiger partial charge on any atom is -0.507 e. The lowest BCUT2D eigenvalue weighted by molar-refractivity contribution is -0.140. The number of hydrogen-bond acceptors (Lipinski definition) is 5. The average molecular weight is 359 g/mol. The maximum atomic E-state index is 12.4. The molecule has 0 saturated heterocycles. The van der Waals surface area contributed by atoms with Gasteiger partial charge in [-0.2, -0.15) is 0 Å². The van der Waals surface area contributed by atoms with Crippen LogP contribution in [0.5, 0.6) is 5.75 Å². The van der Waals surface area contributed by atoms with Crippen LogP contribution in [0.2, 0.25) is 0 Å². The molecule has 6 nitrogen and oxygen atoms in total. The Hall–Kier alpha value is -2.34. The van der Waals surface area contributed by atoms with E-state index in [0.29, 0.717) is 17.6 Å². The highest BCUT2D eigenvalue weighted by atomic mass is 16.4. The van der Waals surface area contributed by atoms with Crippen LogP contribution in [0, 0.1) is 5.92 Å². The topological polar surface area (TPSA) is 99.8 Å². The van der Waals surface area contributed by atoms with Gasteiger partial charge < -0.3 is 14.6 Å². The molecule has 6 heteroatoms. The van der Waals surface area contributed by atoms with Gasteiger partial charge in [-0.25, -0.2) is 4.79 Å². The molecule has 1 aliphatic carbocycles. The summed E-state index contributed by atoms with van der Waals surface area (Å²) in [5, 5.41) is 23.6. The number of benzene rings is 1. The van der Waals surface area contributed by atoms with Gasteiger partial charge in [-0.3, -0.25) is 10.1 Å². The van der Waals surface area contributed by atoms with E-state index < -0.39 is 12.0 Å². The molecule has 3 N–H and O–H groups in total. The van der Waals surface area contributed by atoms with Crippen LogP contribution >= 0.6 is 0 Å². The largest absolute Gasteiger partial charge is 0.507 e. The number of carboxylic acids is 1. The number of phenolic OH excluding ortho intramolecular Hbond substituents is 1. The van der Waals surface area contributed by atoms with Crippen molar-refractivity contribution in [1.82, 2.24) is 5.32 Å². The van der Waals surface area contributed by atoms with E-state index in [0.717, 1.165) is 42.2 Å². The summed E-state index contributed by atoms with van der Waals surface area (Å²) in [6.07, 6.45) is 4.25. The molecule has 1 aliphatic rings. The van der Waals surface area contributed by atoms with Crippen molar-refractivity contribution in [2.45, 2.75) is 58.5 Å². The first-order chi connectivity index (χ1) is 12.4. The third-order valence-electron chi connectivity index (χ3n) is 5.45. The Morgan fingerprint density at radius 1 is 1.27 bits per heavy atom. The van der Waals surface area contributed by atoms with Crippen LogP contribution in [0.3, 0.4) is 0 Å². The van der Waals surface area contributed by atoms with Crippen LogP contribution in [0.25, 0.3) is 11.0 Å². The monoisotopic (exact) mass is 359 g/mol. The number of aryl methyl sites for hydroxylation is 1. The van der Waals surface area contributed by atoms with Gasteiger partial charge in [0.1, 0.15) is 17.4 Å². The fourth-order valence-electron chi connectivity index (χ4n) is 3.70. The summed E-state index contributed by atoms with van der Waals surface area (Å²) in [5.41, 5.74) is 2.17. The highest BCUT2D eigenvalue weighted by molar-refractivity contribution is 5.86. The van der Waals surface area contributed by atoms with Crippen LogP contribution in [-0.4, -0.2) is 22.2 Å². The number of hydrogen-bond donors (Lipinski definition) is 3. The average Bonchev–Trinajstić information content (AvgIpc) is 2.63. The van der Waals surface area contributed by atoms with Crippen molar-refractivity contribution >= 4 is 16.9 Å². The molecule has 0 bridgehead atoms. The Bertz CT molecular complexity index is 886. The number of carboxylic acid groups (broad SMARTS) is 1. The van der Waals surface area contributed by atoms with Crippen molar-refractivity contribution in [2.24, 2.45) is 5.92 Å². The van der Waals surface area contributed by atoms with E-state index in [1.807, 2.05) is 13.8 Å². The van der Waals surface area contributed by atoms with Gasteiger partial charge in [0.05, 0.1) is 5.56 Å². The van der Waals surface area contributed by atoms with E-state index in [1.165, 1.54) is 0 Å². The molecule has 0 aliphatic heterocycles. The number of phenols is 1. The van der Waals surface area contributed by atoms with Crippen molar-refractivity contribution in [3.05, 3.63) is 39.2 Å². The fourth-order valence-corrected chi connectivity index (χ4v) is 3.70. The molecule has 0 saturated carbocycles. The minimum absolute atomic E-state index is 0.00259. The lowest BCUT2D eigenvalue weighted by Gasteiger charge is -2.21. The summed E-state index contributed by atoms with van der Waals surface area (Å²) < 4.78 is 5.55. The van der Waals surface area contributed by atoms with Crippen molar-refractivity contribution in [2.75, 3.05) is 0 Å². The molecule has 0 amide bonds. The summed E-state index contributed by atoms with van der Waals surface area (Å²) >= 11 is 0. The summed E-state index contributed by atoms with van der Waals surface area (Å²) in [6.45, 7) is 3.92. The van der Waals surface area contributed by atoms with Crippen LogP contribution in [0.15, 0.2) is 21.3 Å². The lowest BCUT2D eigenvalue weighted by atomic mass is 9.90.